The molecule has 0 bridgehead atoms. The van der Waals surface area contributed by atoms with Gasteiger partial charge in [-0.1, -0.05) is 24.3 Å². The summed E-state index contributed by atoms with van der Waals surface area (Å²) in [7, 11) is 0. The molecule has 0 aromatic heterocycles. The van der Waals surface area contributed by atoms with Crippen molar-refractivity contribution >= 4 is 35.5 Å². The number of aliphatic carboxylic acids is 1. The minimum Gasteiger partial charge on any atom is -0.481 e. The van der Waals surface area contributed by atoms with E-state index in [9.17, 15) is 19.2 Å². The number of benzene rings is 2. The summed E-state index contributed by atoms with van der Waals surface area (Å²) in [5.74, 6) is -1.76. The van der Waals surface area contributed by atoms with Crippen LogP contribution in [-0.2, 0) is 30.3 Å². The van der Waals surface area contributed by atoms with Gasteiger partial charge in [0.15, 0.2) is 0 Å². The van der Waals surface area contributed by atoms with Crippen molar-refractivity contribution in [1.82, 2.24) is 0 Å². The fraction of sp³-hybridized carbons (Fsp3) is 0.273. The lowest BCUT2D eigenvalue weighted by molar-refractivity contribution is -0.149. The van der Waals surface area contributed by atoms with Crippen LogP contribution >= 0.6 is 0 Å². The van der Waals surface area contributed by atoms with E-state index in [2.05, 4.69) is 10.3 Å². The Labute approximate surface area is 178 Å². The van der Waals surface area contributed by atoms with Crippen LogP contribution in [0.25, 0.3) is 0 Å². The number of carboxylic acid groups (broad SMARTS) is 1. The number of aliphatic imine (C=N–C) groups is 1. The molecule has 2 rings (SSSR count). The van der Waals surface area contributed by atoms with E-state index in [0.717, 1.165) is 11.1 Å². The van der Waals surface area contributed by atoms with Crippen molar-refractivity contribution in [2.75, 3.05) is 11.9 Å². The molecule has 2 aromatic carbocycles. The molecule has 0 aliphatic rings. The van der Waals surface area contributed by atoms with Gasteiger partial charge in [0.1, 0.15) is 12.7 Å². The van der Waals surface area contributed by atoms with Crippen LogP contribution < -0.4 is 5.32 Å². The van der Waals surface area contributed by atoms with Crippen molar-refractivity contribution in [2.45, 2.75) is 32.3 Å². The molecular weight excluding hydrogens is 404 g/mol. The maximum Gasteiger partial charge on any atom is 0.412 e. The minimum atomic E-state index is -1.09. The zero-order chi connectivity index (χ0) is 22.6. The quantitative estimate of drug-likeness (QED) is 0.337. The maximum atomic E-state index is 12.0. The number of hydrogen-bond donors (Lipinski definition) is 2. The first-order chi connectivity index (χ1) is 14.9. The lowest BCUT2D eigenvalue weighted by Crippen LogP contribution is -2.25. The fourth-order valence-corrected chi connectivity index (χ4v) is 2.54. The van der Waals surface area contributed by atoms with Crippen molar-refractivity contribution in [2.24, 2.45) is 4.99 Å². The van der Waals surface area contributed by atoms with E-state index in [1.807, 2.05) is 24.3 Å². The Hall–Kier alpha value is -3.97. The Morgan fingerprint density at radius 3 is 2.23 bits per heavy atom. The molecule has 1 atom stereocenters. The second kappa shape index (κ2) is 11.9. The number of nitrogens with one attached hydrogen (secondary N) is 1. The summed E-state index contributed by atoms with van der Waals surface area (Å²) in [6.45, 7) is 1.39. The van der Waals surface area contributed by atoms with Crippen LogP contribution in [0, 0.1) is 0 Å². The maximum absolute atomic E-state index is 12.0. The van der Waals surface area contributed by atoms with Crippen molar-refractivity contribution in [1.29, 1.82) is 0 Å². The monoisotopic (exact) mass is 426 g/mol. The number of isocyanates is 1. The third-order valence-electron chi connectivity index (χ3n) is 4.05. The molecule has 2 N–H and O–H groups in total. The van der Waals surface area contributed by atoms with E-state index in [0.29, 0.717) is 17.8 Å². The summed E-state index contributed by atoms with van der Waals surface area (Å²) in [5.41, 5.74) is 3.14. The van der Waals surface area contributed by atoms with E-state index in [1.165, 1.54) is 6.08 Å². The molecule has 0 fully saturated rings. The molecule has 0 heterocycles. The Morgan fingerprint density at radius 1 is 1.03 bits per heavy atom. The van der Waals surface area contributed by atoms with Gasteiger partial charge >= 0.3 is 18.0 Å². The molecule has 9 nitrogen and oxygen atoms in total. The van der Waals surface area contributed by atoms with E-state index >= 15 is 0 Å². The molecule has 0 aliphatic heterocycles. The third kappa shape index (κ3) is 8.93. The number of anilines is 1. The summed E-state index contributed by atoms with van der Waals surface area (Å²) < 4.78 is 9.97. The Kier molecular flexibility index (Phi) is 8.94. The van der Waals surface area contributed by atoms with Crippen LogP contribution in [0.4, 0.5) is 16.2 Å². The minimum absolute atomic E-state index is 0.165. The molecule has 1 amide bonds. The number of carbonyl (C=O) groups excluding carboxylic acids is 3. The topological polar surface area (TPSA) is 131 Å². The van der Waals surface area contributed by atoms with Crippen LogP contribution in [0.1, 0.15) is 30.9 Å². The second-order valence-electron chi connectivity index (χ2n) is 6.66. The molecule has 0 radical (unpaired) electrons. The van der Waals surface area contributed by atoms with E-state index in [1.54, 1.807) is 31.2 Å². The van der Waals surface area contributed by atoms with Crippen molar-refractivity contribution in [3.63, 3.8) is 0 Å². The molecule has 31 heavy (non-hydrogen) atoms. The van der Waals surface area contributed by atoms with Crippen LogP contribution in [-0.4, -0.2) is 41.9 Å². The smallest absolute Gasteiger partial charge is 0.412 e. The number of ether oxygens (including phenoxy) is 2. The number of amides is 1. The highest BCUT2D eigenvalue weighted by Crippen LogP contribution is 2.17. The first kappa shape index (κ1) is 23.3. The fourth-order valence-electron chi connectivity index (χ4n) is 2.54. The number of esters is 1. The molecule has 9 heteroatoms. The largest absolute Gasteiger partial charge is 0.481 e. The van der Waals surface area contributed by atoms with E-state index in [4.69, 9.17) is 14.6 Å². The highest BCUT2D eigenvalue weighted by atomic mass is 16.6. The molecule has 0 saturated carbocycles. The van der Waals surface area contributed by atoms with Crippen LogP contribution in [0.2, 0.25) is 0 Å². The van der Waals surface area contributed by atoms with Gasteiger partial charge in [0.05, 0.1) is 18.5 Å². The average Bonchev–Trinajstić information content (AvgIpc) is 2.73. The Bertz CT molecular complexity index is 949. The van der Waals surface area contributed by atoms with E-state index < -0.39 is 24.1 Å². The van der Waals surface area contributed by atoms with Gasteiger partial charge < -0.3 is 14.6 Å². The lowest BCUT2D eigenvalue weighted by Gasteiger charge is -2.14. The van der Waals surface area contributed by atoms with Gasteiger partial charge in [0, 0.05) is 5.69 Å². The van der Waals surface area contributed by atoms with Gasteiger partial charge in [-0.3, -0.25) is 14.9 Å². The van der Waals surface area contributed by atoms with Gasteiger partial charge in [-0.15, -0.1) is 0 Å². The third-order valence-corrected chi connectivity index (χ3v) is 4.05. The SMILES string of the molecule is CC(COC(=O)CCC(=O)O)OC(=O)Nc1ccc(Cc2ccc(N=C=O)cc2)cc1. The van der Waals surface area contributed by atoms with Crippen molar-refractivity contribution in [3.8, 4) is 0 Å². The highest BCUT2D eigenvalue weighted by Gasteiger charge is 2.13. The zero-order valence-electron chi connectivity index (χ0n) is 16.9. The number of nitrogens with zero attached hydrogens (tertiary/aromatic N) is 1. The Balaban J connectivity index is 1.77. The van der Waals surface area contributed by atoms with Crippen molar-refractivity contribution in [3.05, 3.63) is 59.7 Å². The first-order valence-electron chi connectivity index (χ1n) is 9.46. The molecule has 1 unspecified atom stereocenters. The van der Waals surface area contributed by atoms with Gasteiger partial charge in [-0.2, -0.15) is 4.99 Å². The summed E-state index contributed by atoms with van der Waals surface area (Å²) in [4.78, 5) is 47.5. The normalized spacial score (nSPS) is 11.0. The first-order valence-corrected chi connectivity index (χ1v) is 9.46. The molecule has 0 saturated heterocycles. The van der Waals surface area contributed by atoms with E-state index in [-0.39, 0.29) is 19.4 Å². The van der Waals surface area contributed by atoms with Crippen LogP contribution in [0.3, 0.4) is 0 Å². The molecule has 0 spiro atoms. The summed E-state index contributed by atoms with van der Waals surface area (Å²) in [6, 6.07) is 14.4. The predicted molar refractivity (Wildman–Crippen MR) is 111 cm³/mol. The van der Waals surface area contributed by atoms with Gasteiger partial charge in [0.2, 0.25) is 6.08 Å². The zero-order valence-corrected chi connectivity index (χ0v) is 16.9. The Morgan fingerprint density at radius 2 is 1.65 bits per heavy atom. The summed E-state index contributed by atoms with van der Waals surface area (Å²) in [6.07, 6.45) is 0.214. The number of hydrogen-bond acceptors (Lipinski definition) is 7. The molecule has 2 aromatic rings. The standard InChI is InChI=1S/C22H22N2O7/c1-15(13-30-21(28)11-10-20(26)27)31-22(29)24-19-8-4-17(5-9-19)12-16-2-6-18(7-3-16)23-14-25/h2-9,15H,10-13H2,1H3,(H,24,29)(H,26,27). The number of carbonyl (C=O) groups is 3. The summed E-state index contributed by atoms with van der Waals surface area (Å²) >= 11 is 0. The number of rotatable bonds is 10. The predicted octanol–water partition coefficient (Wildman–Crippen LogP) is 3.59. The highest BCUT2D eigenvalue weighted by molar-refractivity contribution is 5.84. The van der Waals surface area contributed by atoms with Crippen LogP contribution in [0.5, 0.6) is 0 Å². The van der Waals surface area contributed by atoms with Gasteiger partial charge in [-0.25, -0.2) is 9.59 Å². The number of carboxylic acids is 1. The lowest BCUT2D eigenvalue weighted by atomic mass is 10.0. The van der Waals surface area contributed by atoms with Crippen molar-refractivity contribution < 1.29 is 33.8 Å². The second-order valence-corrected chi connectivity index (χ2v) is 6.66. The molecular formula is C22H22N2O7. The summed E-state index contributed by atoms with van der Waals surface area (Å²) in [5, 5.41) is 11.1. The molecule has 162 valence electrons. The average molecular weight is 426 g/mol. The van der Waals surface area contributed by atoms with Gasteiger partial charge in [-0.05, 0) is 48.7 Å². The van der Waals surface area contributed by atoms with Crippen LogP contribution in [0.15, 0.2) is 53.5 Å². The van der Waals surface area contributed by atoms with Gasteiger partial charge in [0.25, 0.3) is 0 Å². The molecule has 0 aliphatic carbocycles.